The average Bonchev–Trinajstić information content (AvgIpc) is 2.87. The van der Waals surface area contributed by atoms with E-state index in [-0.39, 0.29) is 36.7 Å². The molecule has 4 nitrogen and oxygen atoms in total. The van der Waals surface area contributed by atoms with Gasteiger partial charge in [-0.2, -0.15) is 0 Å². The molecule has 1 N–H and O–H groups in total. The van der Waals surface area contributed by atoms with E-state index in [1.165, 1.54) is 11.0 Å². The van der Waals surface area contributed by atoms with E-state index in [0.29, 0.717) is 5.56 Å². The van der Waals surface area contributed by atoms with Crippen LogP contribution in [0.5, 0.6) is 0 Å². The second-order valence-electron chi connectivity index (χ2n) is 8.68. The molecule has 0 fully saturated rings. The van der Waals surface area contributed by atoms with Crippen LogP contribution in [0, 0.1) is 5.82 Å². The largest absolute Gasteiger partial charge is 0.352 e. The molecule has 0 aliphatic carbocycles. The van der Waals surface area contributed by atoms with Gasteiger partial charge < -0.3 is 10.2 Å². The molecule has 2 atom stereocenters. The van der Waals surface area contributed by atoms with E-state index >= 15 is 0 Å². The number of hydrogen-bond acceptors (Lipinski definition) is 2. The van der Waals surface area contributed by atoms with Gasteiger partial charge in [0.25, 0.3) is 0 Å². The van der Waals surface area contributed by atoms with E-state index < -0.39 is 11.9 Å². The van der Waals surface area contributed by atoms with E-state index in [2.05, 4.69) is 5.32 Å². The van der Waals surface area contributed by atoms with E-state index in [1.54, 1.807) is 25.1 Å². The third-order valence-corrected chi connectivity index (χ3v) is 6.25. The molecule has 0 saturated carbocycles. The smallest absolute Gasteiger partial charge is 0.242 e. The predicted octanol–water partition coefficient (Wildman–Crippen LogP) is 5.68. The highest BCUT2D eigenvalue weighted by Gasteiger charge is 2.30. The fourth-order valence-electron chi connectivity index (χ4n) is 3.95. The highest BCUT2D eigenvalue weighted by molar-refractivity contribution is 5.88. The first-order chi connectivity index (χ1) is 16.4. The fourth-order valence-corrected chi connectivity index (χ4v) is 3.95. The number of nitrogens with zero attached hydrogens (tertiary/aromatic N) is 1. The zero-order valence-corrected chi connectivity index (χ0v) is 20.1. The maximum absolute atomic E-state index is 14.5. The monoisotopic (exact) mass is 460 g/mol. The Morgan fingerprint density at radius 3 is 1.91 bits per heavy atom. The Hall–Kier alpha value is -3.47. The molecule has 3 aromatic rings. The predicted molar refractivity (Wildman–Crippen MR) is 134 cm³/mol. The summed E-state index contributed by atoms with van der Waals surface area (Å²) in [6.45, 7) is 5.64. The van der Waals surface area contributed by atoms with Crippen molar-refractivity contribution in [3.63, 3.8) is 0 Å². The van der Waals surface area contributed by atoms with Gasteiger partial charge in [0.1, 0.15) is 11.9 Å². The number of hydrogen-bond donors (Lipinski definition) is 1. The Bertz CT molecular complexity index is 1030. The number of benzene rings is 3. The van der Waals surface area contributed by atoms with Crippen LogP contribution in [0.3, 0.4) is 0 Å². The Morgan fingerprint density at radius 1 is 0.853 bits per heavy atom. The number of amides is 2. The number of nitrogens with one attached hydrogen (secondary N) is 1. The van der Waals surface area contributed by atoms with Crippen LogP contribution in [-0.4, -0.2) is 28.8 Å². The second-order valence-corrected chi connectivity index (χ2v) is 8.68. The van der Waals surface area contributed by atoms with Crippen LogP contribution in [0.15, 0.2) is 84.9 Å². The molecule has 0 spiro atoms. The molecule has 5 heteroatoms. The highest BCUT2D eigenvalue weighted by atomic mass is 19.1. The Morgan fingerprint density at radius 2 is 1.38 bits per heavy atom. The van der Waals surface area contributed by atoms with Gasteiger partial charge in [0.05, 0.1) is 0 Å². The summed E-state index contributed by atoms with van der Waals surface area (Å²) in [5, 5.41) is 2.96. The summed E-state index contributed by atoms with van der Waals surface area (Å²) in [5.41, 5.74) is 2.42. The summed E-state index contributed by atoms with van der Waals surface area (Å²) < 4.78 is 14.5. The van der Waals surface area contributed by atoms with E-state index in [4.69, 9.17) is 0 Å². The van der Waals surface area contributed by atoms with Gasteiger partial charge in [0.15, 0.2) is 0 Å². The molecule has 3 rings (SSSR count). The zero-order chi connectivity index (χ0) is 24.5. The molecule has 2 unspecified atom stereocenters. The van der Waals surface area contributed by atoms with Crippen LogP contribution in [0.25, 0.3) is 0 Å². The lowest BCUT2D eigenvalue weighted by molar-refractivity contribution is -0.141. The van der Waals surface area contributed by atoms with Gasteiger partial charge in [-0.15, -0.1) is 0 Å². The van der Waals surface area contributed by atoms with Crippen LogP contribution in [0.1, 0.15) is 56.2 Å². The topological polar surface area (TPSA) is 49.4 Å². The van der Waals surface area contributed by atoms with Gasteiger partial charge in [0.2, 0.25) is 11.8 Å². The first-order valence-electron chi connectivity index (χ1n) is 11.8. The molecule has 2 amide bonds. The Labute approximate surface area is 201 Å². The molecule has 0 bridgehead atoms. The highest BCUT2D eigenvalue weighted by Crippen LogP contribution is 2.29. The van der Waals surface area contributed by atoms with Gasteiger partial charge in [-0.3, -0.25) is 9.59 Å². The number of rotatable bonds is 10. The van der Waals surface area contributed by atoms with Crippen LogP contribution in [0.4, 0.5) is 4.39 Å². The van der Waals surface area contributed by atoms with E-state index in [9.17, 15) is 14.0 Å². The average molecular weight is 461 g/mol. The van der Waals surface area contributed by atoms with Crippen molar-refractivity contribution in [2.45, 2.75) is 58.2 Å². The summed E-state index contributed by atoms with van der Waals surface area (Å²) in [5.74, 6) is -1.01. The van der Waals surface area contributed by atoms with Crippen LogP contribution < -0.4 is 5.32 Å². The lowest BCUT2D eigenvalue weighted by atomic mass is 9.88. The summed E-state index contributed by atoms with van der Waals surface area (Å²) >= 11 is 0. The molecule has 0 aliphatic rings. The number of carbonyl (C=O) groups excluding carboxylic acids is 2. The van der Waals surface area contributed by atoms with Gasteiger partial charge in [-0.1, -0.05) is 85.8 Å². The standard InChI is InChI=1S/C29H33FN2O2/c1-4-21(2)31-29(34)22(3)32(20-25-17-11-12-18-27(25)30)28(33)19-26(23-13-7-5-8-14-23)24-15-9-6-10-16-24/h5-18,21-22,26H,4,19-20H2,1-3H3,(H,31,34). The SMILES string of the molecule is CCC(C)NC(=O)C(C)N(Cc1ccccc1F)C(=O)CC(c1ccccc1)c1ccccc1. The van der Waals surface area contributed by atoms with E-state index in [1.807, 2.05) is 74.5 Å². The fraction of sp³-hybridized carbons (Fsp3) is 0.310. The molecular weight excluding hydrogens is 427 g/mol. The Kier molecular flexibility index (Phi) is 8.97. The summed E-state index contributed by atoms with van der Waals surface area (Å²) in [4.78, 5) is 28.2. The second kappa shape index (κ2) is 12.1. The molecule has 178 valence electrons. The van der Waals surface area contributed by atoms with Crippen molar-refractivity contribution in [2.75, 3.05) is 0 Å². The molecular formula is C29H33FN2O2. The third kappa shape index (κ3) is 6.53. The Balaban J connectivity index is 1.92. The molecule has 3 aromatic carbocycles. The molecule has 0 heterocycles. The molecule has 0 aromatic heterocycles. The maximum Gasteiger partial charge on any atom is 0.242 e. The first-order valence-corrected chi connectivity index (χ1v) is 11.8. The summed E-state index contributed by atoms with van der Waals surface area (Å²) in [7, 11) is 0. The van der Waals surface area contributed by atoms with Crippen molar-refractivity contribution in [2.24, 2.45) is 0 Å². The minimum atomic E-state index is -0.742. The van der Waals surface area contributed by atoms with Gasteiger partial charge in [-0.25, -0.2) is 4.39 Å². The summed E-state index contributed by atoms with van der Waals surface area (Å²) in [6.07, 6.45) is 0.952. The van der Waals surface area contributed by atoms with Crippen LogP contribution in [0.2, 0.25) is 0 Å². The van der Waals surface area contributed by atoms with Crippen molar-refractivity contribution < 1.29 is 14.0 Å². The first kappa shape index (κ1) is 25.2. The van der Waals surface area contributed by atoms with Crippen molar-refractivity contribution in [1.29, 1.82) is 0 Å². The van der Waals surface area contributed by atoms with Gasteiger partial charge >= 0.3 is 0 Å². The minimum Gasteiger partial charge on any atom is -0.352 e. The summed E-state index contributed by atoms with van der Waals surface area (Å²) in [6, 6.07) is 25.3. The number of carbonyl (C=O) groups is 2. The van der Waals surface area contributed by atoms with Crippen molar-refractivity contribution in [3.05, 3.63) is 107 Å². The zero-order valence-electron chi connectivity index (χ0n) is 20.1. The van der Waals surface area contributed by atoms with Gasteiger partial charge in [-0.05, 0) is 37.5 Å². The normalized spacial score (nSPS) is 12.7. The van der Waals surface area contributed by atoms with Crippen LogP contribution in [-0.2, 0) is 16.1 Å². The lowest BCUT2D eigenvalue weighted by Gasteiger charge is -2.31. The van der Waals surface area contributed by atoms with Gasteiger partial charge in [0, 0.05) is 30.5 Å². The van der Waals surface area contributed by atoms with Crippen molar-refractivity contribution in [1.82, 2.24) is 10.2 Å². The maximum atomic E-state index is 14.5. The van der Waals surface area contributed by atoms with E-state index in [0.717, 1.165) is 17.5 Å². The molecule has 0 aliphatic heterocycles. The van der Waals surface area contributed by atoms with Crippen molar-refractivity contribution in [3.8, 4) is 0 Å². The quantitative estimate of drug-likeness (QED) is 0.423. The lowest BCUT2D eigenvalue weighted by Crippen LogP contribution is -2.49. The molecule has 0 saturated heterocycles. The molecule has 0 radical (unpaired) electrons. The minimum absolute atomic E-state index is 0.0123. The number of halogens is 1. The third-order valence-electron chi connectivity index (χ3n) is 6.25. The van der Waals surface area contributed by atoms with Crippen molar-refractivity contribution >= 4 is 11.8 Å². The van der Waals surface area contributed by atoms with Crippen LogP contribution >= 0.6 is 0 Å². The molecule has 34 heavy (non-hydrogen) atoms.